The fraction of sp³-hybridized carbons (Fsp3) is 0.250. The number of phenols is 2. The largest absolute Gasteiger partial charge is 0.507 e. The third kappa shape index (κ3) is 2.06. The Kier molecular flexibility index (Phi) is 3.56. The lowest BCUT2D eigenvalue weighted by Gasteiger charge is -2.14. The maximum atomic E-state index is 10.3. The van der Waals surface area contributed by atoms with E-state index in [0.717, 1.165) is 23.1 Å². The third-order valence-electron chi connectivity index (χ3n) is 3.27. The molecule has 2 heteroatoms. The summed E-state index contributed by atoms with van der Waals surface area (Å²) in [7, 11) is 0. The standard InChI is InChI=1S/C16H18O2/c1-3-11-10-14(12-8-6-5-7-9-12)16(18)13(4-2)15(11)17/h5-10,17-18H,3-4H2,1-2H3. The van der Waals surface area contributed by atoms with Crippen molar-refractivity contribution in [1.29, 1.82) is 0 Å². The van der Waals surface area contributed by atoms with Gasteiger partial charge in [-0.25, -0.2) is 0 Å². The van der Waals surface area contributed by atoms with E-state index in [1.54, 1.807) is 0 Å². The van der Waals surface area contributed by atoms with Crippen molar-refractivity contribution in [2.45, 2.75) is 26.7 Å². The van der Waals surface area contributed by atoms with Crippen LogP contribution in [0.4, 0.5) is 0 Å². The number of hydrogen-bond acceptors (Lipinski definition) is 2. The summed E-state index contributed by atoms with van der Waals surface area (Å²) in [6.07, 6.45) is 1.37. The van der Waals surface area contributed by atoms with Crippen LogP contribution in [0.2, 0.25) is 0 Å². The second kappa shape index (κ2) is 5.13. The van der Waals surface area contributed by atoms with Crippen LogP contribution < -0.4 is 0 Å². The predicted octanol–water partition coefficient (Wildman–Crippen LogP) is 3.89. The number of rotatable bonds is 3. The summed E-state index contributed by atoms with van der Waals surface area (Å²) in [6.45, 7) is 3.93. The number of hydrogen-bond donors (Lipinski definition) is 2. The summed E-state index contributed by atoms with van der Waals surface area (Å²) in [6, 6.07) is 11.6. The molecule has 0 saturated heterocycles. The van der Waals surface area contributed by atoms with E-state index in [9.17, 15) is 10.2 Å². The lowest BCUT2D eigenvalue weighted by molar-refractivity contribution is 0.436. The highest BCUT2D eigenvalue weighted by Gasteiger charge is 2.15. The molecule has 0 unspecified atom stereocenters. The van der Waals surface area contributed by atoms with Gasteiger partial charge in [-0.1, -0.05) is 44.2 Å². The topological polar surface area (TPSA) is 40.5 Å². The summed E-state index contributed by atoms with van der Waals surface area (Å²) >= 11 is 0. The maximum Gasteiger partial charge on any atom is 0.130 e. The second-order valence-electron chi connectivity index (χ2n) is 4.33. The first-order valence-corrected chi connectivity index (χ1v) is 6.31. The Balaban J connectivity index is 2.68. The second-order valence-corrected chi connectivity index (χ2v) is 4.33. The third-order valence-corrected chi connectivity index (χ3v) is 3.27. The van der Waals surface area contributed by atoms with Gasteiger partial charge in [-0.3, -0.25) is 0 Å². The Morgan fingerprint density at radius 1 is 0.889 bits per heavy atom. The lowest BCUT2D eigenvalue weighted by atomic mass is 9.95. The molecule has 0 amide bonds. The highest BCUT2D eigenvalue weighted by Crippen LogP contribution is 2.40. The predicted molar refractivity (Wildman–Crippen MR) is 74.0 cm³/mol. The Hall–Kier alpha value is -1.96. The van der Waals surface area contributed by atoms with Crippen molar-refractivity contribution in [1.82, 2.24) is 0 Å². The molecule has 0 radical (unpaired) electrons. The number of benzene rings is 2. The van der Waals surface area contributed by atoms with E-state index in [-0.39, 0.29) is 11.5 Å². The van der Waals surface area contributed by atoms with Gasteiger partial charge in [-0.2, -0.15) is 0 Å². The molecule has 2 aromatic rings. The molecule has 94 valence electrons. The molecule has 0 heterocycles. The summed E-state index contributed by atoms with van der Waals surface area (Å²) in [5.41, 5.74) is 3.28. The first-order valence-electron chi connectivity index (χ1n) is 6.31. The smallest absolute Gasteiger partial charge is 0.130 e. The number of aromatic hydroxyl groups is 2. The normalized spacial score (nSPS) is 10.6. The van der Waals surface area contributed by atoms with Crippen molar-refractivity contribution in [3.8, 4) is 22.6 Å². The van der Waals surface area contributed by atoms with Gasteiger partial charge in [-0.15, -0.1) is 0 Å². The Morgan fingerprint density at radius 2 is 1.56 bits per heavy atom. The van der Waals surface area contributed by atoms with Crippen LogP contribution in [-0.2, 0) is 12.8 Å². The van der Waals surface area contributed by atoms with Gasteiger partial charge in [-0.05, 0) is 30.0 Å². The van der Waals surface area contributed by atoms with Gasteiger partial charge in [0.05, 0.1) is 0 Å². The molecule has 0 saturated carbocycles. The summed E-state index contributed by atoms with van der Waals surface area (Å²) in [5.74, 6) is 0.426. The Labute approximate surface area is 108 Å². The van der Waals surface area contributed by atoms with Crippen LogP contribution >= 0.6 is 0 Å². The van der Waals surface area contributed by atoms with E-state index < -0.39 is 0 Å². The van der Waals surface area contributed by atoms with Gasteiger partial charge in [0, 0.05) is 11.1 Å². The van der Waals surface area contributed by atoms with Crippen molar-refractivity contribution in [2.75, 3.05) is 0 Å². The van der Waals surface area contributed by atoms with Crippen LogP contribution in [0.1, 0.15) is 25.0 Å². The molecule has 0 aliphatic heterocycles. The molecule has 2 N–H and O–H groups in total. The first kappa shape index (κ1) is 12.5. The van der Waals surface area contributed by atoms with E-state index in [0.29, 0.717) is 12.0 Å². The zero-order valence-electron chi connectivity index (χ0n) is 10.8. The van der Waals surface area contributed by atoms with Crippen molar-refractivity contribution in [3.05, 3.63) is 47.5 Å². The van der Waals surface area contributed by atoms with E-state index in [1.165, 1.54) is 0 Å². The number of aryl methyl sites for hydroxylation is 1. The molecule has 0 bridgehead atoms. The van der Waals surface area contributed by atoms with E-state index >= 15 is 0 Å². The average molecular weight is 242 g/mol. The molecule has 2 nitrogen and oxygen atoms in total. The molecule has 2 aromatic carbocycles. The molecule has 0 aliphatic carbocycles. The molecule has 18 heavy (non-hydrogen) atoms. The highest BCUT2D eigenvalue weighted by molar-refractivity contribution is 5.75. The molecule has 0 spiro atoms. The van der Waals surface area contributed by atoms with Gasteiger partial charge < -0.3 is 10.2 Å². The summed E-state index contributed by atoms with van der Waals surface area (Å²) < 4.78 is 0. The van der Waals surface area contributed by atoms with Gasteiger partial charge >= 0.3 is 0 Å². The quantitative estimate of drug-likeness (QED) is 0.857. The molecule has 2 rings (SSSR count). The van der Waals surface area contributed by atoms with E-state index in [1.807, 2.05) is 50.2 Å². The van der Waals surface area contributed by atoms with Crippen LogP contribution in [0.15, 0.2) is 36.4 Å². The van der Waals surface area contributed by atoms with Crippen molar-refractivity contribution >= 4 is 0 Å². The molecular weight excluding hydrogens is 224 g/mol. The van der Waals surface area contributed by atoms with Gasteiger partial charge in [0.2, 0.25) is 0 Å². The van der Waals surface area contributed by atoms with E-state index in [2.05, 4.69) is 0 Å². The van der Waals surface area contributed by atoms with Crippen LogP contribution in [0, 0.1) is 0 Å². The Bertz CT molecular complexity index is 545. The van der Waals surface area contributed by atoms with Crippen molar-refractivity contribution < 1.29 is 10.2 Å². The zero-order valence-corrected chi connectivity index (χ0v) is 10.8. The number of phenolic OH excluding ortho intramolecular Hbond substituents is 2. The van der Waals surface area contributed by atoms with Crippen LogP contribution in [0.3, 0.4) is 0 Å². The lowest BCUT2D eigenvalue weighted by Crippen LogP contribution is -1.93. The first-order chi connectivity index (χ1) is 8.69. The van der Waals surface area contributed by atoms with Gasteiger partial charge in [0.25, 0.3) is 0 Å². The SMILES string of the molecule is CCc1cc(-c2ccccc2)c(O)c(CC)c1O. The fourth-order valence-corrected chi connectivity index (χ4v) is 2.22. The fourth-order valence-electron chi connectivity index (χ4n) is 2.22. The van der Waals surface area contributed by atoms with Crippen molar-refractivity contribution in [2.24, 2.45) is 0 Å². The van der Waals surface area contributed by atoms with Crippen LogP contribution in [0.25, 0.3) is 11.1 Å². The van der Waals surface area contributed by atoms with Gasteiger partial charge in [0.1, 0.15) is 11.5 Å². The zero-order chi connectivity index (χ0) is 13.1. The summed E-state index contributed by atoms with van der Waals surface area (Å²) in [4.78, 5) is 0. The highest BCUT2D eigenvalue weighted by atomic mass is 16.3. The minimum atomic E-state index is 0.193. The molecule has 0 atom stereocenters. The molecule has 0 fully saturated rings. The average Bonchev–Trinajstić information content (AvgIpc) is 2.41. The van der Waals surface area contributed by atoms with Crippen LogP contribution in [-0.4, -0.2) is 10.2 Å². The summed E-state index contributed by atoms with van der Waals surface area (Å²) in [5, 5.41) is 20.4. The van der Waals surface area contributed by atoms with Crippen molar-refractivity contribution in [3.63, 3.8) is 0 Å². The van der Waals surface area contributed by atoms with E-state index in [4.69, 9.17) is 0 Å². The molecule has 0 aromatic heterocycles. The Morgan fingerprint density at radius 3 is 2.11 bits per heavy atom. The minimum absolute atomic E-state index is 0.193. The minimum Gasteiger partial charge on any atom is -0.507 e. The molecule has 0 aliphatic rings. The molecular formula is C16H18O2. The van der Waals surface area contributed by atoms with Crippen LogP contribution in [0.5, 0.6) is 11.5 Å². The van der Waals surface area contributed by atoms with Gasteiger partial charge in [0.15, 0.2) is 0 Å². The monoisotopic (exact) mass is 242 g/mol. The maximum absolute atomic E-state index is 10.3.